The van der Waals surface area contributed by atoms with E-state index in [1.54, 1.807) is 52.3 Å². The maximum atomic E-state index is 12.9. The monoisotopic (exact) mass is 500 g/mol. The third kappa shape index (κ3) is 4.73. The molecule has 0 unspecified atom stereocenters. The number of sulfonamides is 1. The summed E-state index contributed by atoms with van der Waals surface area (Å²) >= 11 is 1.37. The molecule has 5 N–H and O–H groups in total. The van der Waals surface area contributed by atoms with Gasteiger partial charge in [-0.1, -0.05) is 6.07 Å². The Morgan fingerprint density at radius 1 is 1.24 bits per heavy atom. The van der Waals surface area contributed by atoms with E-state index in [1.807, 2.05) is 13.1 Å². The number of aromatic nitrogens is 1. The molecule has 4 rings (SSSR count). The summed E-state index contributed by atoms with van der Waals surface area (Å²) in [5.74, 6) is -0.189. The summed E-state index contributed by atoms with van der Waals surface area (Å²) in [5.41, 5.74) is 2.22. The molecule has 1 aromatic heterocycles. The van der Waals surface area contributed by atoms with E-state index in [-0.39, 0.29) is 10.8 Å². The van der Waals surface area contributed by atoms with Crippen LogP contribution in [0.15, 0.2) is 64.6 Å². The number of para-hydroxylation sites is 1. The number of quaternary nitrogens is 1. The zero-order valence-electron chi connectivity index (χ0n) is 18.6. The van der Waals surface area contributed by atoms with Gasteiger partial charge in [-0.2, -0.15) is 0 Å². The Morgan fingerprint density at radius 3 is 2.59 bits per heavy atom. The number of benzene rings is 2. The molecular weight excluding hydrogens is 474 g/mol. The highest BCUT2D eigenvalue weighted by atomic mass is 32.2. The van der Waals surface area contributed by atoms with Gasteiger partial charge < -0.3 is 20.7 Å². The topological polar surface area (TPSA) is 140 Å². The fraction of sp³-hybridized carbons (Fsp3) is 0.261. The molecule has 1 aliphatic rings. The smallest absolute Gasteiger partial charge is 0.264 e. The van der Waals surface area contributed by atoms with Gasteiger partial charge in [0.05, 0.1) is 28.4 Å². The molecular formula is C23H26N5O4S2+. The summed E-state index contributed by atoms with van der Waals surface area (Å²) < 4.78 is 29.1. The molecule has 0 radical (unpaired) electrons. The molecule has 1 amide bonds. The number of carbonyl (C=O) groups is 1. The van der Waals surface area contributed by atoms with Crippen molar-refractivity contribution in [3.8, 4) is 0 Å². The molecule has 0 bridgehead atoms. The minimum absolute atomic E-state index is 0.103. The van der Waals surface area contributed by atoms with Crippen LogP contribution in [0.25, 0.3) is 10.2 Å². The van der Waals surface area contributed by atoms with Gasteiger partial charge in [-0.05, 0) is 49.2 Å². The van der Waals surface area contributed by atoms with Crippen LogP contribution >= 0.6 is 11.3 Å². The van der Waals surface area contributed by atoms with Crippen molar-refractivity contribution < 1.29 is 23.6 Å². The maximum Gasteiger partial charge on any atom is 0.264 e. The van der Waals surface area contributed by atoms with Crippen LogP contribution in [0.2, 0.25) is 0 Å². The molecule has 34 heavy (non-hydrogen) atoms. The third-order valence-corrected chi connectivity index (χ3v) is 8.12. The van der Waals surface area contributed by atoms with E-state index >= 15 is 0 Å². The molecule has 1 aliphatic heterocycles. The Balaban J connectivity index is 1.44. The van der Waals surface area contributed by atoms with Crippen molar-refractivity contribution in [1.82, 2.24) is 9.88 Å². The van der Waals surface area contributed by atoms with E-state index in [4.69, 9.17) is 5.41 Å². The number of nitrogens with one attached hydrogen (secondary N) is 2. The SMILES string of the molecule is C[NH2+]/C=C(\C=N)C1(O)CCN(C(=O)c2ccc(NS(=O)(=O)c3cccc4scnc34)cc2)CC1. The quantitative estimate of drug-likeness (QED) is 0.366. The predicted molar refractivity (Wildman–Crippen MR) is 132 cm³/mol. The zero-order chi connectivity index (χ0) is 24.3. The number of piperidine rings is 1. The summed E-state index contributed by atoms with van der Waals surface area (Å²) in [7, 11) is -2.02. The molecule has 3 aromatic rings. The molecule has 0 spiro atoms. The largest absolute Gasteiger partial charge is 0.385 e. The fourth-order valence-electron chi connectivity index (χ4n) is 4.04. The van der Waals surface area contributed by atoms with Crippen molar-refractivity contribution in [3.05, 3.63) is 65.3 Å². The first-order valence-corrected chi connectivity index (χ1v) is 13.1. The van der Waals surface area contributed by atoms with E-state index in [0.29, 0.717) is 48.3 Å². The molecule has 9 nitrogen and oxygen atoms in total. The second kappa shape index (κ2) is 9.63. The highest BCUT2D eigenvalue weighted by Gasteiger charge is 2.37. The molecule has 0 atom stereocenters. The molecule has 2 aromatic carbocycles. The van der Waals surface area contributed by atoms with Crippen molar-refractivity contribution in [1.29, 1.82) is 5.41 Å². The van der Waals surface area contributed by atoms with E-state index in [9.17, 15) is 18.3 Å². The number of thiazole rings is 1. The van der Waals surface area contributed by atoms with Crippen LogP contribution in [-0.4, -0.2) is 61.3 Å². The summed E-state index contributed by atoms with van der Waals surface area (Å²) in [4.78, 5) is 18.9. The van der Waals surface area contributed by atoms with Crippen LogP contribution in [0.1, 0.15) is 23.2 Å². The highest BCUT2D eigenvalue weighted by Crippen LogP contribution is 2.30. The van der Waals surface area contributed by atoms with Gasteiger partial charge in [-0.15, -0.1) is 11.3 Å². The lowest BCUT2D eigenvalue weighted by molar-refractivity contribution is -0.557. The van der Waals surface area contributed by atoms with E-state index in [0.717, 1.165) is 10.9 Å². The highest BCUT2D eigenvalue weighted by molar-refractivity contribution is 7.93. The van der Waals surface area contributed by atoms with E-state index in [1.165, 1.54) is 17.4 Å². The molecule has 11 heteroatoms. The number of aliphatic hydroxyl groups is 1. The summed E-state index contributed by atoms with van der Waals surface area (Å²) in [6.07, 6.45) is 3.56. The molecule has 0 saturated carbocycles. The zero-order valence-corrected chi connectivity index (χ0v) is 20.2. The van der Waals surface area contributed by atoms with Crippen LogP contribution in [0.4, 0.5) is 5.69 Å². The lowest BCUT2D eigenvalue weighted by atomic mass is 9.84. The Hall–Kier alpha value is -3.12. The third-order valence-electron chi connectivity index (χ3n) is 5.91. The number of carbonyl (C=O) groups excluding carboxylic acids is 1. The van der Waals surface area contributed by atoms with E-state index in [2.05, 4.69) is 9.71 Å². The second-order valence-corrected chi connectivity index (χ2v) is 10.6. The standard InChI is InChI=1S/C23H25N5O4S2/c1-25-14-17(13-24)23(30)9-11-28(12-10-23)22(29)16-5-7-18(8-6-16)27-34(31,32)20-4-2-3-19-21(20)26-15-33-19/h2-8,13-15,24-25,27,30H,9-12H2,1H3/p+1/b17-14+,24-13?. The molecule has 2 heterocycles. The molecule has 1 fully saturated rings. The first-order chi connectivity index (χ1) is 16.3. The van der Waals surface area contributed by atoms with Gasteiger partial charge in [0.1, 0.15) is 16.6 Å². The molecule has 178 valence electrons. The molecule has 1 saturated heterocycles. The van der Waals surface area contributed by atoms with Crippen molar-refractivity contribution in [2.24, 2.45) is 0 Å². The number of amides is 1. The number of nitrogens with two attached hydrogens (primary N) is 1. The summed E-state index contributed by atoms with van der Waals surface area (Å²) in [6.45, 7) is 0.715. The minimum atomic E-state index is -3.85. The van der Waals surface area contributed by atoms with Crippen LogP contribution < -0.4 is 10.0 Å². The Labute approximate surface area is 201 Å². The number of hydrogen-bond acceptors (Lipinski definition) is 7. The van der Waals surface area contributed by atoms with Gasteiger partial charge in [-0.3, -0.25) is 9.52 Å². The van der Waals surface area contributed by atoms with Crippen LogP contribution in [0.5, 0.6) is 0 Å². The van der Waals surface area contributed by atoms with Crippen LogP contribution in [-0.2, 0) is 10.0 Å². The van der Waals surface area contributed by atoms with Crippen molar-refractivity contribution in [2.75, 3.05) is 24.9 Å². The lowest BCUT2D eigenvalue weighted by Gasteiger charge is -2.38. The maximum absolute atomic E-state index is 12.9. The van der Waals surface area contributed by atoms with Crippen molar-refractivity contribution >= 4 is 49.4 Å². The van der Waals surface area contributed by atoms with Crippen molar-refractivity contribution in [3.63, 3.8) is 0 Å². The number of likely N-dealkylation sites (tertiary alicyclic amines) is 1. The number of rotatable bonds is 7. The van der Waals surface area contributed by atoms with Gasteiger partial charge in [0.15, 0.2) is 0 Å². The average molecular weight is 501 g/mol. The van der Waals surface area contributed by atoms with Crippen molar-refractivity contribution in [2.45, 2.75) is 23.3 Å². The summed E-state index contributed by atoms with van der Waals surface area (Å²) in [5, 5.41) is 20.2. The number of nitrogens with zero attached hydrogens (tertiary/aromatic N) is 2. The molecule has 0 aliphatic carbocycles. The fourth-order valence-corrected chi connectivity index (χ4v) is 6.04. The predicted octanol–water partition coefficient (Wildman–Crippen LogP) is 1.79. The van der Waals surface area contributed by atoms with Gasteiger partial charge in [0, 0.05) is 30.6 Å². The average Bonchev–Trinajstić information content (AvgIpc) is 3.31. The Bertz CT molecular complexity index is 1340. The van der Waals surface area contributed by atoms with Crippen LogP contribution in [0, 0.1) is 5.41 Å². The second-order valence-electron chi connectivity index (χ2n) is 8.06. The van der Waals surface area contributed by atoms with Gasteiger partial charge in [-0.25, -0.2) is 13.4 Å². The Kier molecular flexibility index (Phi) is 6.80. The van der Waals surface area contributed by atoms with Gasteiger partial charge >= 0.3 is 0 Å². The number of anilines is 1. The normalized spacial score (nSPS) is 16.4. The summed E-state index contributed by atoms with van der Waals surface area (Å²) in [6, 6.07) is 11.3. The Morgan fingerprint density at radius 2 is 1.94 bits per heavy atom. The first-order valence-electron chi connectivity index (χ1n) is 10.7. The van der Waals surface area contributed by atoms with E-state index < -0.39 is 15.6 Å². The van der Waals surface area contributed by atoms with Crippen LogP contribution in [0.3, 0.4) is 0 Å². The number of hydrogen-bond donors (Lipinski definition) is 4. The van der Waals surface area contributed by atoms with Gasteiger partial charge in [0.25, 0.3) is 15.9 Å². The van der Waals surface area contributed by atoms with Gasteiger partial charge in [0.2, 0.25) is 0 Å². The number of fused-ring (bicyclic) bond motifs is 1. The minimum Gasteiger partial charge on any atom is -0.385 e. The lowest BCUT2D eigenvalue weighted by Crippen LogP contribution is -2.73. The first kappa shape index (κ1) is 24.0.